The second-order valence-electron chi connectivity index (χ2n) is 12.6. The van der Waals surface area contributed by atoms with E-state index in [4.69, 9.17) is 9.57 Å². The van der Waals surface area contributed by atoms with Gasteiger partial charge in [-0.15, -0.1) is 0 Å². The number of carbonyl (C=O) groups excluding carboxylic acids is 1. The maximum absolute atomic E-state index is 14.0. The van der Waals surface area contributed by atoms with Crippen molar-refractivity contribution in [3.05, 3.63) is 53.6 Å². The lowest BCUT2D eigenvalue weighted by Crippen LogP contribution is -2.62. The fourth-order valence-electron chi connectivity index (χ4n) is 7.65. The van der Waals surface area contributed by atoms with Crippen molar-refractivity contribution < 1.29 is 34.5 Å². The Labute approximate surface area is 241 Å². The molecule has 1 heterocycles. The average Bonchev–Trinajstić information content (AvgIpc) is 3.32. The molecule has 0 unspecified atom stereocenters. The number of rotatable bonds is 9. The number of carboxylic acids is 1. The maximum Gasteiger partial charge on any atom is 0.335 e. The first-order valence-corrected chi connectivity index (χ1v) is 14.5. The van der Waals surface area contributed by atoms with Gasteiger partial charge in [0.2, 0.25) is 5.91 Å². The van der Waals surface area contributed by atoms with Gasteiger partial charge in [0, 0.05) is 23.1 Å². The molecule has 6 rings (SSSR count). The third-order valence-corrected chi connectivity index (χ3v) is 10.1. The zero-order valence-corrected chi connectivity index (χ0v) is 24.4. The van der Waals surface area contributed by atoms with Crippen molar-refractivity contribution in [2.45, 2.75) is 71.4 Å². The quantitative estimate of drug-likeness (QED) is 0.362. The van der Waals surface area contributed by atoms with E-state index in [0.29, 0.717) is 40.0 Å². The van der Waals surface area contributed by atoms with Crippen LogP contribution in [-0.4, -0.2) is 70.3 Å². The third-order valence-electron chi connectivity index (χ3n) is 10.1. The summed E-state index contributed by atoms with van der Waals surface area (Å²) in [7, 11) is 1.55. The first-order valence-electron chi connectivity index (χ1n) is 14.5. The molecule has 222 valence electrons. The van der Waals surface area contributed by atoms with E-state index in [0.717, 1.165) is 12.0 Å². The summed E-state index contributed by atoms with van der Waals surface area (Å²) in [5.41, 5.74) is 2.57. The number of aromatic carboxylic acids is 1. The van der Waals surface area contributed by atoms with E-state index in [1.165, 1.54) is 12.5 Å². The van der Waals surface area contributed by atoms with E-state index >= 15 is 0 Å². The summed E-state index contributed by atoms with van der Waals surface area (Å²) in [5, 5.41) is 35.2. The molecular formula is C32H42N2O7. The normalized spacial score (nSPS) is 31.2. The number of hydroxylamine groups is 2. The van der Waals surface area contributed by atoms with E-state index < -0.39 is 30.1 Å². The lowest BCUT2D eigenvalue weighted by molar-refractivity contribution is -0.183. The van der Waals surface area contributed by atoms with Crippen molar-refractivity contribution in [3.8, 4) is 16.9 Å². The Balaban J connectivity index is 1.43. The minimum Gasteiger partial charge on any atom is -0.496 e. The van der Waals surface area contributed by atoms with Gasteiger partial charge in [0.25, 0.3) is 0 Å². The molecule has 41 heavy (non-hydrogen) atoms. The van der Waals surface area contributed by atoms with Gasteiger partial charge in [-0.2, -0.15) is 5.06 Å². The number of carbonyl (C=O) groups is 2. The molecule has 9 nitrogen and oxygen atoms in total. The SMILES string of the molecule is COc1c(CN2O[C@@H](CO)[C@@H]([C@H](C)O)[C@H]2C(=O)N[C@H]2C[C@@H]3C[C@H]([C@@H]2C)C3(C)C)cccc1-c1cccc(C(=O)O)c1. The number of methoxy groups -OCH3 is 1. The number of hydrogen-bond donors (Lipinski definition) is 4. The molecule has 2 aromatic carbocycles. The molecule has 4 fully saturated rings. The zero-order chi connectivity index (χ0) is 29.6. The number of carboxylic acid groups (broad SMARTS) is 1. The third kappa shape index (κ3) is 5.25. The highest BCUT2D eigenvalue weighted by Crippen LogP contribution is 2.61. The number of ether oxygens (including phenoxy) is 1. The number of aliphatic hydroxyl groups is 2. The van der Waals surface area contributed by atoms with E-state index in [9.17, 15) is 24.9 Å². The highest BCUT2D eigenvalue weighted by molar-refractivity contribution is 5.90. The van der Waals surface area contributed by atoms with Gasteiger partial charge in [0.05, 0.1) is 31.9 Å². The molecular weight excluding hydrogens is 524 g/mol. The van der Waals surface area contributed by atoms with Crippen LogP contribution in [0, 0.1) is 29.1 Å². The standard InChI is InChI=1S/C32H42N2O7/c1-17-24-13-22(32(24,3)4)14-25(17)33-30(37)28-27(18(2)36)26(16-35)41-34(28)15-21-10-7-11-23(29(21)40-5)19-8-6-9-20(12-19)31(38)39/h6-12,17-18,22,24-28,35-36H,13-16H2,1-5H3,(H,33,37)(H,38,39)/t17-,18-,22-,24+,25-,26-,27+,28-/m0/s1. The van der Waals surface area contributed by atoms with E-state index in [2.05, 4.69) is 26.1 Å². The topological polar surface area (TPSA) is 129 Å². The van der Waals surface area contributed by atoms with Crippen LogP contribution in [0.5, 0.6) is 5.75 Å². The number of para-hydroxylation sites is 1. The molecule has 8 atom stereocenters. The van der Waals surface area contributed by atoms with Crippen LogP contribution in [0.1, 0.15) is 56.5 Å². The molecule has 1 amide bonds. The van der Waals surface area contributed by atoms with Crippen molar-refractivity contribution in [2.24, 2.45) is 29.1 Å². The van der Waals surface area contributed by atoms with E-state index in [1.807, 2.05) is 24.3 Å². The number of nitrogens with one attached hydrogen (secondary N) is 1. The molecule has 2 bridgehead atoms. The fourth-order valence-corrected chi connectivity index (χ4v) is 7.65. The van der Waals surface area contributed by atoms with Crippen molar-refractivity contribution in [1.29, 1.82) is 0 Å². The second-order valence-corrected chi connectivity index (χ2v) is 12.6. The van der Waals surface area contributed by atoms with Crippen LogP contribution in [0.3, 0.4) is 0 Å². The van der Waals surface area contributed by atoms with Gasteiger partial charge in [-0.1, -0.05) is 51.1 Å². The molecule has 4 N–H and O–H groups in total. The maximum atomic E-state index is 14.0. The summed E-state index contributed by atoms with van der Waals surface area (Å²) in [4.78, 5) is 31.6. The summed E-state index contributed by atoms with van der Waals surface area (Å²) in [6.45, 7) is 8.30. The highest BCUT2D eigenvalue weighted by Gasteiger charge is 2.57. The molecule has 0 radical (unpaired) electrons. The van der Waals surface area contributed by atoms with Crippen LogP contribution < -0.4 is 10.1 Å². The first kappa shape index (κ1) is 29.5. The Morgan fingerprint density at radius 3 is 2.54 bits per heavy atom. The van der Waals surface area contributed by atoms with E-state index in [1.54, 1.807) is 31.2 Å². The first-order chi connectivity index (χ1) is 19.5. The predicted octanol–water partition coefficient (Wildman–Crippen LogP) is 3.72. The van der Waals surface area contributed by atoms with Crippen LogP contribution in [0.15, 0.2) is 42.5 Å². The average molecular weight is 567 g/mol. The largest absolute Gasteiger partial charge is 0.496 e. The fraction of sp³-hybridized carbons (Fsp3) is 0.562. The minimum atomic E-state index is -1.02. The zero-order valence-electron chi connectivity index (χ0n) is 24.4. The molecule has 4 aliphatic rings. The number of nitrogens with zero attached hydrogens (tertiary/aromatic N) is 1. The Morgan fingerprint density at radius 1 is 1.20 bits per heavy atom. The van der Waals surface area contributed by atoms with Crippen LogP contribution in [0.2, 0.25) is 0 Å². The Morgan fingerprint density at radius 2 is 1.93 bits per heavy atom. The van der Waals surface area contributed by atoms with Crippen LogP contribution in [0.4, 0.5) is 0 Å². The minimum absolute atomic E-state index is 0.0447. The summed E-state index contributed by atoms with van der Waals surface area (Å²) < 4.78 is 5.81. The molecule has 0 spiro atoms. The molecule has 1 aliphatic heterocycles. The lowest BCUT2D eigenvalue weighted by atomic mass is 9.45. The van der Waals surface area contributed by atoms with E-state index in [-0.39, 0.29) is 30.7 Å². The molecule has 2 aromatic rings. The molecule has 3 saturated carbocycles. The van der Waals surface area contributed by atoms with Gasteiger partial charge in [-0.25, -0.2) is 4.79 Å². The Hall–Kier alpha value is -2.98. The second kappa shape index (κ2) is 11.4. The van der Waals surface area contributed by atoms with Gasteiger partial charge < -0.3 is 25.4 Å². The van der Waals surface area contributed by atoms with Gasteiger partial charge in [0.15, 0.2) is 0 Å². The molecule has 1 saturated heterocycles. The Bertz CT molecular complexity index is 1290. The van der Waals surface area contributed by atoms with Gasteiger partial charge in [0.1, 0.15) is 17.9 Å². The Kier molecular flexibility index (Phi) is 8.18. The molecule has 0 aromatic heterocycles. The van der Waals surface area contributed by atoms with Gasteiger partial charge in [-0.3, -0.25) is 9.63 Å². The number of aliphatic hydroxyl groups excluding tert-OH is 2. The summed E-state index contributed by atoms with van der Waals surface area (Å²) >= 11 is 0. The van der Waals surface area contributed by atoms with Crippen molar-refractivity contribution >= 4 is 11.9 Å². The number of amides is 1. The van der Waals surface area contributed by atoms with Crippen LogP contribution >= 0.6 is 0 Å². The van der Waals surface area contributed by atoms with Gasteiger partial charge >= 0.3 is 5.97 Å². The van der Waals surface area contributed by atoms with Crippen LogP contribution in [0.25, 0.3) is 11.1 Å². The number of fused-ring (bicyclic) bond motifs is 2. The van der Waals surface area contributed by atoms with Gasteiger partial charge in [-0.05, 0) is 60.6 Å². The van der Waals surface area contributed by atoms with Crippen molar-refractivity contribution in [3.63, 3.8) is 0 Å². The number of benzene rings is 2. The summed E-state index contributed by atoms with van der Waals surface area (Å²) in [5.74, 6) is 0.141. The van der Waals surface area contributed by atoms with Crippen molar-refractivity contribution in [1.82, 2.24) is 10.4 Å². The highest BCUT2D eigenvalue weighted by atomic mass is 16.7. The van der Waals surface area contributed by atoms with Crippen molar-refractivity contribution in [2.75, 3.05) is 13.7 Å². The molecule has 3 aliphatic carbocycles. The van der Waals surface area contributed by atoms with Crippen LogP contribution in [-0.2, 0) is 16.2 Å². The monoisotopic (exact) mass is 566 g/mol. The number of hydrogen-bond acceptors (Lipinski definition) is 7. The smallest absolute Gasteiger partial charge is 0.335 e. The predicted molar refractivity (Wildman–Crippen MR) is 153 cm³/mol. The summed E-state index contributed by atoms with van der Waals surface area (Å²) in [6, 6.07) is 11.4. The molecule has 9 heteroatoms. The summed E-state index contributed by atoms with van der Waals surface area (Å²) in [6.07, 6.45) is 0.491. The lowest BCUT2D eigenvalue weighted by Gasteiger charge is -2.62.